The third-order valence-corrected chi connectivity index (χ3v) is 3.95. The van der Waals surface area contributed by atoms with Gasteiger partial charge in [0.2, 0.25) is 0 Å². The van der Waals surface area contributed by atoms with Gasteiger partial charge in [0.05, 0.1) is 0 Å². The largest absolute Gasteiger partial charge is 0.310 e. The zero-order valence-corrected chi connectivity index (χ0v) is 13.2. The minimum atomic E-state index is -0.213. The van der Waals surface area contributed by atoms with Crippen LogP contribution in [0.3, 0.4) is 0 Å². The van der Waals surface area contributed by atoms with Gasteiger partial charge in [-0.25, -0.2) is 4.39 Å². The number of halogens is 2. The van der Waals surface area contributed by atoms with Gasteiger partial charge in [-0.1, -0.05) is 59.3 Å². The van der Waals surface area contributed by atoms with Crippen LogP contribution in [0.5, 0.6) is 0 Å². The molecule has 1 nitrogen and oxygen atoms in total. The van der Waals surface area contributed by atoms with E-state index in [0.29, 0.717) is 0 Å². The smallest absolute Gasteiger partial charge is 0.124 e. The van der Waals surface area contributed by atoms with Crippen molar-refractivity contribution in [3.8, 4) is 0 Å². The molecule has 0 aliphatic rings. The molecule has 1 atom stereocenters. The lowest BCUT2D eigenvalue weighted by molar-refractivity contribution is 0.525. The van der Waals surface area contributed by atoms with Crippen molar-refractivity contribution in [1.82, 2.24) is 5.32 Å². The van der Waals surface area contributed by atoms with Gasteiger partial charge in [-0.05, 0) is 42.6 Å². The first-order valence-corrected chi connectivity index (χ1v) is 7.72. The maximum Gasteiger partial charge on any atom is 0.124 e. The van der Waals surface area contributed by atoms with E-state index in [1.807, 2.05) is 24.3 Å². The quantitative estimate of drug-likeness (QED) is 0.793. The summed E-state index contributed by atoms with van der Waals surface area (Å²) in [4.78, 5) is 0. The fraction of sp³-hybridized carbons (Fsp3) is 0.294. The van der Waals surface area contributed by atoms with Gasteiger partial charge in [0.15, 0.2) is 0 Å². The summed E-state index contributed by atoms with van der Waals surface area (Å²) in [6.45, 7) is 3.09. The number of benzene rings is 2. The first kappa shape index (κ1) is 15.2. The molecule has 0 saturated carbocycles. The van der Waals surface area contributed by atoms with Crippen molar-refractivity contribution in [2.75, 3.05) is 6.54 Å². The van der Waals surface area contributed by atoms with Gasteiger partial charge in [-0.3, -0.25) is 0 Å². The fourth-order valence-corrected chi connectivity index (χ4v) is 2.87. The summed E-state index contributed by atoms with van der Waals surface area (Å²) >= 11 is 3.47. The Balaban J connectivity index is 2.22. The zero-order valence-electron chi connectivity index (χ0n) is 11.6. The van der Waals surface area contributed by atoms with Crippen LogP contribution in [0.1, 0.15) is 30.5 Å². The van der Waals surface area contributed by atoms with Crippen LogP contribution in [-0.2, 0) is 6.42 Å². The summed E-state index contributed by atoms with van der Waals surface area (Å²) in [5.74, 6) is -0.213. The third kappa shape index (κ3) is 4.15. The Morgan fingerprint density at radius 3 is 2.55 bits per heavy atom. The van der Waals surface area contributed by atoms with E-state index >= 15 is 0 Å². The summed E-state index contributed by atoms with van der Waals surface area (Å²) in [7, 11) is 0. The van der Waals surface area contributed by atoms with Crippen LogP contribution in [0.25, 0.3) is 0 Å². The predicted octanol–water partition coefficient (Wildman–Crippen LogP) is 4.87. The standard InChI is InChI=1S/C17H19BrFN/c1-2-10-20-17(11-13-6-4-3-5-7-13)15-9-8-14(19)12-16(15)18/h3-9,12,17,20H,2,10-11H2,1H3. The third-order valence-electron chi connectivity index (χ3n) is 3.26. The van der Waals surface area contributed by atoms with Gasteiger partial charge in [0.25, 0.3) is 0 Å². The van der Waals surface area contributed by atoms with E-state index in [4.69, 9.17) is 0 Å². The maximum absolute atomic E-state index is 13.2. The minimum Gasteiger partial charge on any atom is -0.310 e. The molecule has 0 heterocycles. The summed E-state index contributed by atoms with van der Waals surface area (Å²) in [5.41, 5.74) is 2.38. The lowest BCUT2D eigenvalue weighted by Gasteiger charge is -2.20. The first-order valence-electron chi connectivity index (χ1n) is 6.93. The molecule has 0 aromatic heterocycles. The van der Waals surface area contributed by atoms with E-state index in [2.05, 4.69) is 40.3 Å². The van der Waals surface area contributed by atoms with Crippen LogP contribution in [0.4, 0.5) is 4.39 Å². The summed E-state index contributed by atoms with van der Waals surface area (Å²) in [6.07, 6.45) is 1.97. The molecule has 2 rings (SSSR count). The Morgan fingerprint density at radius 1 is 1.15 bits per heavy atom. The Bertz CT molecular complexity index is 542. The highest BCUT2D eigenvalue weighted by Gasteiger charge is 2.15. The lowest BCUT2D eigenvalue weighted by atomic mass is 9.98. The van der Waals surface area contributed by atoms with E-state index in [9.17, 15) is 4.39 Å². The van der Waals surface area contributed by atoms with Gasteiger partial charge in [0.1, 0.15) is 5.82 Å². The topological polar surface area (TPSA) is 12.0 Å². The molecule has 106 valence electrons. The second kappa shape index (κ2) is 7.55. The van der Waals surface area contributed by atoms with Crippen molar-refractivity contribution in [2.24, 2.45) is 0 Å². The highest BCUT2D eigenvalue weighted by Crippen LogP contribution is 2.27. The Morgan fingerprint density at radius 2 is 1.90 bits per heavy atom. The molecule has 1 unspecified atom stereocenters. The molecule has 3 heteroatoms. The van der Waals surface area contributed by atoms with Gasteiger partial charge >= 0.3 is 0 Å². The van der Waals surface area contributed by atoms with Crippen LogP contribution in [0.2, 0.25) is 0 Å². The predicted molar refractivity (Wildman–Crippen MR) is 85.3 cm³/mol. The first-order chi connectivity index (χ1) is 9.70. The van der Waals surface area contributed by atoms with Crippen molar-refractivity contribution in [2.45, 2.75) is 25.8 Å². The van der Waals surface area contributed by atoms with Crippen LogP contribution >= 0.6 is 15.9 Å². The Kier molecular flexibility index (Phi) is 5.74. The van der Waals surface area contributed by atoms with E-state index in [1.165, 1.54) is 17.7 Å². The molecule has 20 heavy (non-hydrogen) atoms. The molecule has 0 fully saturated rings. The Labute approximate surface area is 128 Å². The molecule has 0 aliphatic heterocycles. The van der Waals surface area contributed by atoms with Crippen molar-refractivity contribution < 1.29 is 4.39 Å². The number of rotatable bonds is 6. The van der Waals surface area contributed by atoms with Crippen LogP contribution in [0.15, 0.2) is 53.0 Å². The molecule has 0 radical (unpaired) electrons. The van der Waals surface area contributed by atoms with Gasteiger partial charge < -0.3 is 5.32 Å². The van der Waals surface area contributed by atoms with Crippen LogP contribution in [0, 0.1) is 5.82 Å². The SMILES string of the molecule is CCCNC(Cc1ccccc1)c1ccc(F)cc1Br. The van der Waals surface area contributed by atoms with Gasteiger partial charge in [0, 0.05) is 10.5 Å². The molecule has 2 aromatic carbocycles. The average Bonchev–Trinajstić information content (AvgIpc) is 2.45. The van der Waals surface area contributed by atoms with Gasteiger partial charge in [-0.15, -0.1) is 0 Å². The monoisotopic (exact) mass is 335 g/mol. The highest BCUT2D eigenvalue weighted by atomic mass is 79.9. The molecular weight excluding hydrogens is 317 g/mol. The maximum atomic E-state index is 13.2. The second-order valence-electron chi connectivity index (χ2n) is 4.86. The molecule has 2 aromatic rings. The summed E-state index contributed by atoms with van der Waals surface area (Å²) in [6, 6.07) is 15.5. The molecule has 0 saturated heterocycles. The number of hydrogen-bond acceptors (Lipinski definition) is 1. The summed E-state index contributed by atoms with van der Waals surface area (Å²) in [5, 5.41) is 3.54. The van der Waals surface area contributed by atoms with E-state index < -0.39 is 0 Å². The fourth-order valence-electron chi connectivity index (χ4n) is 2.24. The minimum absolute atomic E-state index is 0.187. The van der Waals surface area contributed by atoms with Crippen molar-refractivity contribution in [3.05, 3.63) is 69.9 Å². The lowest BCUT2D eigenvalue weighted by Crippen LogP contribution is -2.24. The zero-order chi connectivity index (χ0) is 14.4. The molecule has 0 amide bonds. The van der Waals surface area contributed by atoms with Crippen LogP contribution < -0.4 is 5.32 Å². The Hall–Kier alpha value is -1.19. The van der Waals surface area contributed by atoms with Crippen molar-refractivity contribution >= 4 is 15.9 Å². The number of nitrogens with one attached hydrogen (secondary N) is 1. The van der Waals surface area contributed by atoms with E-state index in [1.54, 1.807) is 0 Å². The summed E-state index contributed by atoms with van der Waals surface area (Å²) < 4.78 is 14.1. The van der Waals surface area contributed by atoms with Gasteiger partial charge in [-0.2, -0.15) is 0 Å². The molecule has 0 aliphatic carbocycles. The van der Waals surface area contributed by atoms with E-state index in [0.717, 1.165) is 29.4 Å². The molecular formula is C17H19BrFN. The van der Waals surface area contributed by atoms with Crippen molar-refractivity contribution in [3.63, 3.8) is 0 Å². The second-order valence-corrected chi connectivity index (χ2v) is 5.72. The molecule has 0 bridgehead atoms. The number of hydrogen-bond donors (Lipinski definition) is 1. The highest BCUT2D eigenvalue weighted by molar-refractivity contribution is 9.10. The van der Waals surface area contributed by atoms with E-state index in [-0.39, 0.29) is 11.9 Å². The van der Waals surface area contributed by atoms with Crippen LogP contribution in [-0.4, -0.2) is 6.54 Å². The molecule has 1 N–H and O–H groups in total. The average molecular weight is 336 g/mol. The normalized spacial score (nSPS) is 12.3. The molecule has 0 spiro atoms. The van der Waals surface area contributed by atoms with Crippen molar-refractivity contribution in [1.29, 1.82) is 0 Å².